The summed E-state index contributed by atoms with van der Waals surface area (Å²) in [7, 11) is -3.67. The first-order valence-electron chi connectivity index (χ1n) is 7.94. The van der Waals surface area contributed by atoms with Crippen LogP contribution in [0.3, 0.4) is 0 Å². The Kier molecular flexibility index (Phi) is 6.39. The molecule has 138 valence electrons. The highest BCUT2D eigenvalue weighted by Crippen LogP contribution is 2.28. The van der Waals surface area contributed by atoms with Crippen LogP contribution in [0.4, 0.5) is 0 Å². The lowest BCUT2D eigenvalue weighted by Gasteiger charge is -2.31. The van der Waals surface area contributed by atoms with Gasteiger partial charge in [-0.1, -0.05) is 0 Å². The summed E-state index contributed by atoms with van der Waals surface area (Å²) in [6.45, 7) is 1.36. The number of halogens is 1. The van der Waals surface area contributed by atoms with Crippen molar-refractivity contribution in [2.45, 2.75) is 17.7 Å². The molecule has 8 nitrogen and oxygen atoms in total. The van der Waals surface area contributed by atoms with E-state index >= 15 is 0 Å². The Morgan fingerprint density at radius 2 is 2.28 bits per heavy atom. The predicted octanol–water partition coefficient (Wildman–Crippen LogP) is 0.460. The molecule has 0 aliphatic carbocycles. The van der Waals surface area contributed by atoms with E-state index in [4.69, 9.17) is 5.73 Å². The minimum atomic E-state index is -3.67. The van der Waals surface area contributed by atoms with Crippen LogP contribution in [0.5, 0.6) is 0 Å². The van der Waals surface area contributed by atoms with Crippen LogP contribution in [-0.4, -0.2) is 54.8 Å². The molecule has 1 amide bonds. The molecular formula is C15H22ClN5O3S. The zero-order chi connectivity index (χ0) is 17.2. The number of amides is 1. The number of rotatable bonds is 5. The van der Waals surface area contributed by atoms with Crippen molar-refractivity contribution in [3.8, 4) is 0 Å². The van der Waals surface area contributed by atoms with Crippen LogP contribution in [0, 0.1) is 5.92 Å². The Morgan fingerprint density at radius 3 is 3.04 bits per heavy atom. The van der Waals surface area contributed by atoms with E-state index < -0.39 is 10.0 Å². The van der Waals surface area contributed by atoms with Crippen LogP contribution in [0.2, 0.25) is 0 Å². The number of carbonyl (C=O) groups is 1. The van der Waals surface area contributed by atoms with E-state index in [1.165, 1.54) is 10.5 Å². The van der Waals surface area contributed by atoms with Crippen molar-refractivity contribution in [1.82, 2.24) is 19.6 Å². The SMILES string of the molecule is Cl.NCCNC(=O)C1CCCN(S(=O)(=O)c2c[nH]c3ncccc23)C1. The summed E-state index contributed by atoms with van der Waals surface area (Å²) in [4.78, 5) is 19.3. The molecule has 1 aliphatic rings. The minimum absolute atomic E-state index is 0. The van der Waals surface area contributed by atoms with E-state index in [-0.39, 0.29) is 35.7 Å². The molecule has 0 aromatic carbocycles. The molecule has 3 rings (SSSR count). The average molecular weight is 388 g/mol. The molecule has 2 aromatic rings. The van der Waals surface area contributed by atoms with E-state index in [9.17, 15) is 13.2 Å². The van der Waals surface area contributed by atoms with Crippen molar-refractivity contribution in [1.29, 1.82) is 0 Å². The second-order valence-corrected chi connectivity index (χ2v) is 7.74. The van der Waals surface area contributed by atoms with Crippen LogP contribution < -0.4 is 11.1 Å². The molecule has 2 aromatic heterocycles. The molecule has 0 spiro atoms. The summed E-state index contributed by atoms with van der Waals surface area (Å²) in [6, 6.07) is 3.43. The number of nitrogens with two attached hydrogens (primary N) is 1. The normalized spacial score (nSPS) is 18.7. The van der Waals surface area contributed by atoms with Crippen molar-refractivity contribution in [3.05, 3.63) is 24.5 Å². The maximum absolute atomic E-state index is 13.0. The number of aromatic amines is 1. The molecule has 1 fully saturated rings. The van der Waals surface area contributed by atoms with Gasteiger partial charge in [-0.05, 0) is 25.0 Å². The highest BCUT2D eigenvalue weighted by molar-refractivity contribution is 7.89. The zero-order valence-electron chi connectivity index (χ0n) is 13.6. The molecule has 1 unspecified atom stereocenters. The molecule has 1 saturated heterocycles. The number of carbonyl (C=O) groups excluding carboxylic acids is 1. The van der Waals surface area contributed by atoms with Crippen molar-refractivity contribution >= 4 is 39.4 Å². The molecule has 0 saturated carbocycles. The molecule has 25 heavy (non-hydrogen) atoms. The third kappa shape index (κ3) is 3.95. The number of piperidine rings is 1. The van der Waals surface area contributed by atoms with Gasteiger partial charge in [-0.25, -0.2) is 13.4 Å². The van der Waals surface area contributed by atoms with Crippen LogP contribution in [0.1, 0.15) is 12.8 Å². The van der Waals surface area contributed by atoms with Gasteiger partial charge in [0.15, 0.2) is 0 Å². The van der Waals surface area contributed by atoms with E-state index in [0.717, 1.165) is 0 Å². The van der Waals surface area contributed by atoms with Gasteiger partial charge in [0, 0.05) is 44.0 Å². The lowest BCUT2D eigenvalue weighted by molar-refractivity contribution is -0.126. The average Bonchev–Trinajstić information content (AvgIpc) is 3.04. The maximum Gasteiger partial charge on any atom is 0.245 e. The molecule has 4 N–H and O–H groups in total. The lowest BCUT2D eigenvalue weighted by atomic mass is 9.99. The zero-order valence-corrected chi connectivity index (χ0v) is 15.3. The van der Waals surface area contributed by atoms with E-state index in [1.807, 2.05) is 0 Å². The van der Waals surface area contributed by atoms with Gasteiger partial charge in [-0.15, -0.1) is 12.4 Å². The second kappa shape index (κ2) is 8.13. The van der Waals surface area contributed by atoms with Gasteiger partial charge in [-0.2, -0.15) is 4.31 Å². The van der Waals surface area contributed by atoms with Gasteiger partial charge < -0.3 is 16.0 Å². The molecule has 0 bridgehead atoms. The van der Waals surface area contributed by atoms with Crippen LogP contribution in [-0.2, 0) is 14.8 Å². The Hall–Kier alpha value is -1.68. The van der Waals surface area contributed by atoms with Gasteiger partial charge in [-0.3, -0.25) is 4.79 Å². The number of pyridine rings is 1. The summed E-state index contributed by atoms with van der Waals surface area (Å²) < 4.78 is 27.3. The fourth-order valence-electron chi connectivity index (χ4n) is 3.00. The second-order valence-electron chi connectivity index (χ2n) is 5.83. The standard InChI is InChI=1S/C15H21N5O3S.ClH/c16-5-7-18-15(21)11-3-2-8-20(10-11)24(22,23)13-9-19-14-12(13)4-1-6-17-14;/h1,4,6,9,11H,2-3,5,7-8,10,16H2,(H,17,19)(H,18,21);1H. The van der Waals surface area contributed by atoms with Crippen LogP contribution in [0.25, 0.3) is 11.0 Å². The third-order valence-corrected chi connectivity index (χ3v) is 6.13. The number of hydrogen-bond acceptors (Lipinski definition) is 5. The first-order valence-corrected chi connectivity index (χ1v) is 9.38. The number of hydrogen-bond donors (Lipinski definition) is 3. The van der Waals surface area contributed by atoms with E-state index in [2.05, 4.69) is 15.3 Å². The van der Waals surface area contributed by atoms with E-state index in [1.54, 1.807) is 18.3 Å². The van der Waals surface area contributed by atoms with Crippen molar-refractivity contribution < 1.29 is 13.2 Å². The fourth-order valence-corrected chi connectivity index (χ4v) is 4.67. The van der Waals surface area contributed by atoms with Crippen molar-refractivity contribution in [2.24, 2.45) is 11.7 Å². The smallest absolute Gasteiger partial charge is 0.245 e. The molecule has 10 heteroatoms. The van der Waals surface area contributed by atoms with Crippen molar-refractivity contribution in [2.75, 3.05) is 26.2 Å². The Balaban J connectivity index is 0.00000225. The lowest BCUT2D eigenvalue weighted by Crippen LogP contribution is -2.46. The molecular weight excluding hydrogens is 366 g/mol. The summed E-state index contributed by atoms with van der Waals surface area (Å²) >= 11 is 0. The van der Waals surface area contributed by atoms with Gasteiger partial charge in [0.2, 0.25) is 15.9 Å². The van der Waals surface area contributed by atoms with Crippen LogP contribution >= 0.6 is 12.4 Å². The quantitative estimate of drug-likeness (QED) is 0.688. The van der Waals surface area contributed by atoms with Gasteiger partial charge in [0.25, 0.3) is 0 Å². The monoisotopic (exact) mass is 387 g/mol. The molecule has 1 atom stereocenters. The molecule has 3 heterocycles. The highest BCUT2D eigenvalue weighted by Gasteiger charge is 2.34. The predicted molar refractivity (Wildman–Crippen MR) is 96.9 cm³/mol. The third-order valence-electron chi connectivity index (χ3n) is 4.23. The van der Waals surface area contributed by atoms with Gasteiger partial charge in [0.05, 0.1) is 5.92 Å². The Labute approximate surface area is 152 Å². The van der Waals surface area contributed by atoms with E-state index in [0.29, 0.717) is 43.5 Å². The number of sulfonamides is 1. The summed E-state index contributed by atoms with van der Waals surface area (Å²) in [5.41, 5.74) is 5.92. The fraction of sp³-hybridized carbons (Fsp3) is 0.467. The number of H-pyrrole nitrogens is 1. The first-order chi connectivity index (χ1) is 11.5. The number of fused-ring (bicyclic) bond motifs is 1. The highest BCUT2D eigenvalue weighted by atomic mass is 35.5. The number of nitrogens with zero attached hydrogens (tertiary/aromatic N) is 2. The Bertz CT molecular complexity index is 839. The summed E-state index contributed by atoms with van der Waals surface area (Å²) in [6.07, 6.45) is 4.40. The van der Waals surface area contributed by atoms with Gasteiger partial charge >= 0.3 is 0 Å². The summed E-state index contributed by atoms with van der Waals surface area (Å²) in [5.74, 6) is -0.482. The summed E-state index contributed by atoms with van der Waals surface area (Å²) in [5, 5.41) is 3.30. The number of nitrogens with one attached hydrogen (secondary N) is 2. The van der Waals surface area contributed by atoms with Crippen molar-refractivity contribution in [3.63, 3.8) is 0 Å². The topological polar surface area (TPSA) is 121 Å². The first kappa shape index (κ1) is 19.6. The maximum atomic E-state index is 13.0. The largest absolute Gasteiger partial charge is 0.355 e. The Morgan fingerprint density at radius 1 is 1.48 bits per heavy atom. The number of aromatic nitrogens is 2. The van der Waals surface area contributed by atoms with Crippen LogP contribution in [0.15, 0.2) is 29.4 Å². The van der Waals surface area contributed by atoms with Gasteiger partial charge in [0.1, 0.15) is 10.5 Å². The minimum Gasteiger partial charge on any atom is -0.355 e. The molecule has 0 radical (unpaired) electrons. The molecule has 1 aliphatic heterocycles.